The normalized spacial score (nSPS) is 12.1. The van der Waals surface area contributed by atoms with Crippen LogP contribution in [0.5, 0.6) is 0 Å². The molecule has 0 amide bonds. The van der Waals surface area contributed by atoms with Gasteiger partial charge >= 0.3 is 0 Å². The Bertz CT molecular complexity index is 387. The standard InChI is InChI=1S/C12H14ClFN2/c1-2-9(6-15)7-16-8-10-3-4-12(14)11(13)5-10/h3-5,9,16H,2,7-8H2,1H3. The lowest BCUT2D eigenvalue weighted by Gasteiger charge is -2.08. The molecule has 0 radical (unpaired) electrons. The molecule has 0 aliphatic rings. The van der Waals surface area contributed by atoms with Gasteiger partial charge in [-0.25, -0.2) is 4.39 Å². The third-order valence-electron chi connectivity index (χ3n) is 2.38. The van der Waals surface area contributed by atoms with E-state index >= 15 is 0 Å². The lowest BCUT2D eigenvalue weighted by Crippen LogP contribution is -2.21. The number of hydrogen-bond acceptors (Lipinski definition) is 2. The van der Waals surface area contributed by atoms with Crippen LogP contribution in [0.15, 0.2) is 18.2 Å². The van der Waals surface area contributed by atoms with Crippen molar-refractivity contribution in [3.63, 3.8) is 0 Å². The maximum Gasteiger partial charge on any atom is 0.141 e. The Morgan fingerprint density at radius 3 is 2.88 bits per heavy atom. The first-order valence-electron chi connectivity index (χ1n) is 5.21. The van der Waals surface area contributed by atoms with Crippen LogP contribution in [0.25, 0.3) is 0 Å². The number of nitriles is 1. The zero-order valence-electron chi connectivity index (χ0n) is 9.13. The zero-order valence-corrected chi connectivity index (χ0v) is 9.89. The summed E-state index contributed by atoms with van der Waals surface area (Å²) in [4.78, 5) is 0. The smallest absolute Gasteiger partial charge is 0.141 e. The predicted octanol–water partition coefficient (Wildman–Crippen LogP) is 3.12. The quantitative estimate of drug-likeness (QED) is 0.859. The highest BCUT2D eigenvalue weighted by Crippen LogP contribution is 2.15. The molecular weight excluding hydrogens is 227 g/mol. The van der Waals surface area contributed by atoms with Crippen molar-refractivity contribution in [2.24, 2.45) is 5.92 Å². The van der Waals surface area contributed by atoms with E-state index in [9.17, 15) is 4.39 Å². The van der Waals surface area contributed by atoms with E-state index in [2.05, 4.69) is 11.4 Å². The molecule has 16 heavy (non-hydrogen) atoms. The van der Waals surface area contributed by atoms with Gasteiger partial charge in [-0.1, -0.05) is 24.6 Å². The van der Waals surface area contributed by atoms with Crippen molar-refractivity contribution in [1.82, 2.24) is 5.32 Å². The monoisotopic (exact) mass is 240 g/mol. The SMILES string of the molecule is CCC(C#N)CNCc1ccc(F)c(Cl)c1. The molecule has 1 unspecified atom stereocenters. The predicted molar refractivity (Wildman–Crippen MR) is 62.5 cm³/mol. The van der Waals surface area contributed by atoms with Crippen molar-refractivity contribution in [3.05, 3.63) is 34.6 Å². The van der Waals surface area contributed by atoms with Gasteiger partial charge in [-0.2, -0.15) is 5.26 Å². The second-order valence-electron chi connectivity index (χ2n) is 3.61. The second kappa shape index (κ2) is 6.47. The van der Waals surface area contributed by atoms with E-state index < -0.39 is 5.82 Å². The van der Waals surface area contributed by atoms with Gasteiger partial charge in [0.25, 0.3) is 0 Å². The maximum atomic E-state index is 12.9. The second-order valence-corrected chi connectivity index (χ2v) is 4.02. The minimum atomic E-state index is -0.408. The topological polar surface area (TPSA) is 35.8 Å². The highest BCUT2D eigenvalue weighted by Gasteiger charge is 2.04. The molecule has 0 aromatic heterocycles. The van der Waals surface area contributed by atoms with Crippen LogP contribution in [-0.4, -0.2) is 6.54 Å². The van der Waals surface area contributed by atoms with Crippen molar-refractivity contribution in [1.29, 1.82) is 5.26 Å². The van der Waals surface area contributed by atoms with E-state index in [0.29, 0.717) is 13.1 Å². The van der Waals surface area contributed by atoms with E-state index in [0.717, 1.165) is 12.0 Å². The molecule has 1 aromatic carbocycles. The highest BCUT2D eigenvalue weighted by atomic mass is 35.5. The molecule has 0 spiro atoms. The van der Waals surface area contributed by atoms with Crippen LogP contribution < -0.4 is 5.32 Å². The lowest BCUT2D eigenvalue weighted by atomic mass is 10.1. The van der Waals surface area contributed by atoms with Crippen LogP contribution in [0.2, 0.25) is 5.02 Å². The molecular formula is C12H14ClFN2. The Kier molecular flexibility index (Phi) is 5.24. The summed E-state index contributed by atoms with van der Waals surface area (Å²) < 4.78 is 12.9. The van der Waals surface area contributed by atoms with Crippen LogP contribution in [0.1, 0.15) is 18.9 Å². The number of rotatable bonds is 5. The van der Waals surface area contributed by atoms with Crippen molar-refractivity contribution in [2.45, 2.75) is 19.9 Å². The molecule has 0 fully saturated rings. The molecule has 1 atom stereocenters. The van der Waals surface area contributed by atoms with E-state index in [1.807, 2.05) is 6.92 Å². The van der Waals surface area contributed by atoms with Gasteiger partial charge < -0.3 is 5.32 Å². The van der Waals surface area contributed by atoms with Crippen molar-refractivity contribution in [3.8, 4) is 6.07 Å². The molecule has 2 nitrogen and oxygen atoms in total. The average Bonchev–Trinajstić information content (AvgIpc) is 2.29. The summed E-state index contributed by atoms with van der Waals surface area (Å²) in [5.74, 6) is -0.384. The van der Waals surface area contributed by atoms with Gasteiger partial charge in [0.05, 0.1) is 17.0 Å². The summed E-state index contributed by atoms with van der Waals surface area (Å²) in [7, 11) is 0. The first kappa shape index (κ1) is 13.0. The first-order valence-corrected chi connectivity index (χ1v) is 5.59. The molecule has 0 saturated heterocycles. The van der Waals surface area contributed by atoms with Crippen molar-refractivity contribution in [2.75, 3.05) is 6.54 Å². The van der Waals surface area contributed by atoms with Gasteiger partial charge in [0.2, 0.25) is 0 Å². The number of halogens is 2. The van der Waals surface area contributed by atoms with Crippen LogP contribution >= 0.6 is 11.6 Å². The molecule has 0 aliphatic carbocycles. The van der Waals surface area contributed by atoms with Gasteiger partial charge in [-0.3, -0.25) is 0 Å². The van der Waals surface area contributed by atoms with Crippen molar-refractivity contribution < 1.29 is 4.39 Å². The molecule has 0 aliphatic heterocycles. The fourth-order valence-electron chi connectivity index (χ4n) is 1.32. The molecule has 4 heteroatoms. The maximum absolute atomic E-state index is 12.9. The Hall–Kier alpha value is -1.11. The van der Waals surface area contributed by atoms with Crippen LogP contribution in [-0.2, 0) is 6.54 Å². The summed E-state index contributed by atoms with van der Waals surface area (Å²) in [6.07, 6.45) is 0.827. The third-order valence-corrected chi connectivity index (χ3v) is 2.67. The first-order chi connectivity index (χ1) is 7.67. The summed E-state index contributed by atoms with van der Waals surface area (Å²) in [5.41, 5.74) is 0.916. The minimum absolute atomic E-state index is 0.0240. The number of nitrogens with one attached hydrogen (secondary N) is 1. The molecule has 0 bridgehead atoms. The van der Waals surface area contributed by atoms with Gasteiger partial charge in [0.1, 0.15) is 5.82 Å². The number of nitrogens with zero attached hydrogens (tertiary/aromatic N) is 1. The van der Waals surface area contributed by atoms with Crippen LogP contribution in [0.4, 0.5) is 4.39 Å². The summed E-state index contributed by atoms with van der Waals surface area (Å²) in [6.45, 7) is 3.21. The lowest BCUT2D eigenvalue weighted by molar-refractivity contribution is 0.552. The molecule has 0 saturated carbocycles. The van der Waals surface area contributed by atoms with Crippen LogP contribution in [0.3, 0.4) is 0 Å². The molecule has 1 aromatic rings. The van der Waals surface area contributed by atoms with Crippen molar-refractivity contribution >= 4 is 11.6 Å². The largest absolute Gasteiger partial charge is 0.311 e. The Morgan fingerprint density at radius 1 is 1.56 bits per heavy atom. The van der Waals surface area contributed by atoms with E-state index in [1.54, 1.807) is 12.1 Å². The fraction of sp³-hybridized carbons (Fsp3) is 0.417. The van der Waals surface area contributed by atoms with Gasteiger partial charge in [0, 0.05) is 13.1 Å². The molecule has 0 heterocycles. The molecule has 1 rings (SSSR count). The van der Waals surface area contributed by atoms with E-state index in [1.165, 1.54) is 6.07 Å². The Morgan fingerprint density at radius 2 is 2.31 bits per heavy atom. The Labute approximate surface area is 100 Å². The average molecular weight is 241 g/mol. The van der Waals surface area contributed by atoms with E-state index in [4.69, 9.17) is 16.9 Å². The van der Waals surface area contributed by atoms with Gasteiger partial charge in [-0.15, -0.1) is 0 Å². The molecule has 1 N–H and O–H groups in total. The highest BCUT2D eigenvalue weighted by molar-refractivity contribution is 6.30. The fourth-order valence-corrected chi connectivity index (χ4v) is 1.52. The molecule has 86 valence electrons. The minimum Gasteiger partial charge on any atom is -0.311 e. The van der Waals surface area contributed by atoms with E-state index in [-0.39, 0.29) is 10.9 Å². The number of hydrogen-bond donors (Lipinski definition) is 1. The van der Waals surface area contributed by atoms with Crippen LogP contribution in [0, 0.1) is 23.1 Å². The zero-order chi connectivity index (χ0) is 12.0. The summed E-state index contributed by atoms with van der Waals surface area (Å²) in [6, 6.07) is 6.83. The van der Waals surface area contributed by atoms with Gasteiger partial charge in [0.15, 0.2) is 0 Å². The number of benzene rings is 1. The summed E-state index contributed by atoms with van der Waals surface area (Å²) >= 11 is 5.65. The third kappa shape index (κ3) is 3.80. The Balaban J connectivity index is 2.43. The summed E-state index contributed by atoms with van der Waals surface area (Å²) in [5, 5.41) is 12.0. The van der Waals surface area contributed by atoms with Gasteiger partial charge in [-0.05, 0) is 24.1 Å².